The lowest BCUT2D eigenvalue weighted by Crippen LogP contribution is -2.10. The van der Waals surface area contributed by atoms with Gasteiger partial charge < -0.3 is 14.9 Å². The predicted molar refractivity (Wildman–Crippen MR) is 88.4 cm³/mol. The van der Waals surface area contributed by atoms with Crippen LogP contribution in [0, 0.1) is 0 Å². The molecule has 0 aliphatic carbocycles. The molecule has 0 unspecified atom stereocenters. The van der Waals surface area contributed by atoms with Gasteiger partial charge in [0.2, 0.25) is 5.24 Å². The molecule has 0 saturated heterocycles. The molecule has 0 rings (SSSR count). The molecule has 5 nitrogen and oxygen atoms in total. The fraction of sp³-hybridized carbons (Fsp3) is 0.500. The van der Waals surface area contributed by atoms with E-state index in [1.165, 1.54) is 6.08 Å². The summed E-state index contributed by atoms with van der Waals surface area (Å²) in [5.41, 5.74) is 0. The molecule has 0 heterocycles. The van der Waals surface area contributed by atoms with E-state index in [2.05, 4.69) is 0 Å². The molecular weight excluding hydrogens is 327 g/mol. The summed E-state index contributed by atoms with van der Waals surface area (Å²) < 4.78 is 0. The van der Waals surface area contributed by atoms with Gasteiger partial charge in [-0.25, -0.2) is 4.79 Å². The normalized spacial score (nSPS) is 9.95. The summed E-state index contributed by atoms with van der Waals surface area (Å²) in [4.78, 5) is 23.8. The second-order valence-corrected chi connectivity index (χ2v) is 4.34. The van der Waals surface area contributed by atoms with Crippen LogP contribution in [0.4, 0.5) is 0 Å². The molecule has 0 aromatic carbocycles. The minimum absolute atomic E-state index is 0. The average molecular weight is 350 g/mol. The summed E-state index contributed by atoms with van der Waals surface area (Å²) in [5, 5.41) is 7.70. The maximum absolute atomic E-state index is 10.1. The number of carbonyl (C=O) groups is 2. The van der Waals surface area contributed by atoms with Gasteiger partial charge in [0.05, 0.1) is 0 Å². The Morgan fingerprint density at radius 2 is 1.30 bits per heavy atom. The van der Waals surface area contributed by atoms with E-state index in [0.717, 1.165) is 12.6 Å². The number of carboxylic acids is 1. The topological polar surface area (TPSA) is 60.9 Å². The minimum atomic E-state index is -0.892. The summed E-state index contributed by atoms with van der Waals surface area (Å²) in [6, 6.07) is 0. The first-order valence-corrected chi connectivity index (χ1v) is 5.68. The Hall–Kier alpha value is -0.590. The fourth-order valence-electron chi connectivity index (χ4n) is 0.721. The van der Waals surface area contributed by atoms with Gasteiger partial charge in [-0.2, -0.15) is 0 Å². The zero-order valence-electron chi connectivity index (χ0n) is 12.1. The Morgan fingerprint density at radius 3 is 1.55 bits per heavy atom. The van der Waals surface area contributed by atoms with Crippen LogP contribution in [0.15, 0.2) is 24.3 Å². The first kappa shape index (κ1) is 27.7. The number of halogens is 3. The van der Waals surface area contributed by atoms with Crippen molar-refractivity contribution < 1.29 is 14.7 Å². The van der Waals surface area contributed by atoms with E-state index in [0.29, 0.717) is 6.54 Å². The average Bonchev–Trinajstić information content (AvgIpc) is 2.15. The summed E-state index contributed by atoms with van der Waals surface area (Å²) in [6.07, 6.45) is 5.80. The zero-order valence-corrected chi connectivity index (χ0v) is 14.5. The number of hydrogen-bond donors (Lipinski definition) is 1. The highest BCUT2D eigenvalue weighted by atomic mass is 35.5. The lowest BCUT2D eigenvalue weighted by Gasteiger charge is -2.02. The highest BCUT2D eigenvalue weighted by molar-refractivity contribution is 6.66. The van der Waals surface area contributed by atoms with Gasteiger partial charge in [-0.15, -0.1) is 24.8 Å². The molecular formula is C12H23Cl3N2O3. The van der Waals surface area contributed by atoms with Crippen molar-refractivity contribution >= 4 is 47.6 Å². The molecule has 0 spiro atoms. The Labute approximate surface area is 138 Å². The van der Waals surface area contributed by atoms with Gasteiger partial charge in [-0.05, 0) is 45.9 Å². The van der Waals surface area contributed by atoms with Crippen LogP contribution >= 0.6 is 36.4 Å². The Balaban J connectivity index is -0.000000116. The SMILES string of the molecule is CN(C)C/C=C/C(=O)Cl.CN(C)C/C=C/C(=O)O.Cl.Cl. The Kier molecular flexibility index (Phi) is 25.5. The van der Waals surface area contributed by atoms with Crippen LogP contribution in [0.25, 0.3) is 0 Å². The van der Waals surface area contributed by atoms with Crippen molar-refractivity contribution in [3.05, 3.63) is 24.3 Å². The van der Waals surface area contributed by atoms with Crippen LogP contribution in [-0.4, -0.2) is 67.4 Å². The molecule has 0 aromatic heterocycles. The molecule has 0 amide bonds. The predicted octanol–water partition coefficient (Wildman–Crippen LogP) is 1.90. The van der Waals surface area contributed by atoms with Crippen LogP contribution in [0.1, 0.15) is 0 Å². The summed E-state index contributed by atoms with van der Waals surface area (Å²) in [5.74, 6) is -0.892. The number of allylic oxidation sites excluding steroid dienone is 1. The van der Waals surface area contributed by atoms with E-state index in [4.69, 9.17) is 16.7 Å². The lowest BCUT2D eigenvalue weighted by atomic mass is 10.5. The van der Waals surface area contributed by atoms with Crippen LogP contribution in [0.3, 0.4) is 0 Å². The van der Waals surface area contributed by atoms with Crippen molar-refractivity contribution in [1.29, 1.82) is 0 Å². The number of carboxylic acid groups (broad SMARTS) is 1. The third-order valence-electron chi connectivity index (χ3n) is 1.45. The molecule has 0 saturated carbocycles. The monoisotopic (exact) mass is 348 g/mol. The second-order valence-electron chi connectivity index (χ2n) is 3.97. The zero-order chi connectivity index (χ0) is 14.6. The molecule has 0 aliphatic heterocycles. The van der Waals surface area contributed by atoms with Crippen LogP contribution in [-0.2, 0) is 9.59 Å². The van der Waals surface area contributed by atoms with Gasteiger partial charge in [-0.3, -0.25) is 4.79 Å². The highest BCUT2D eigenvalue weighted by Gasteiger charge is 1.85. The van der Waals surface area contributed by atoms with E-state index in [1.54, 1.807) is 12.2 Å². The van der Waals surface area contributed by atoms with Gasteiger partial charge in [0.15, 0.2) is 0 Å². The maximum atomic E-state index is 10.1. The van der Waals surface area contributed by atoms with Gasteiger partial charge in [-0.1, -0.05) is 12.2 Å². The first-order valence-electron chi connectivity index (χ1n) is 5.30. The third-order valence-corrected chi connectivity index (χ3v) is 1.58. The van der Waals surface area contributed by atoms with E-state index in [-0.39, 0.29) is 24.8 Å². The van der Waals surface area contributed by atoms with Crippen molar-refractivity contribution in [3.63, 3.8) is 0 Å². The Morgan fingerprint density at radius 1 is 0.950 bits per heavy atom. The molecule has 0 radical (unpaired) electrons. The summed E-state index contributed by atoms with van der Waals surface area (Å²) >= 11 is 5.02. The number of carbonyl (C=O) groups excluding carboxylic acids is 1. The van der Waals surface area contributed by atoms with Crippen molar-refractivity contribution in [2.24, 2.45) is 0 Å². The molecule has 0 fully saturated rings. The van der Waals surface area contributed by atoms with Gasteiger partial charge >= 0.3 is 5.97 Å². The van der Waals surface area contributed by atoms with Crippen LogP contribution in [0.2, 0.25) is 0 Å². The molecule has 0 atom stereocenters. The standard InChI is InChI=1S/C6H10ClNO.C6H11NO2.2ClH/c1-8(2)5-3-4-6(7)9;1-7(2)5-3-4-6(8)9;;/h3-4H,5H2,1-2H3;3-4H,5H2,1-2H3,(H,8,9);2*1H/b2*4-3+;;. The van der Waals surface area contributed by atoms with Gasteiger partial charge in [0.25, 0.3) is 0 Å². The van der Waals surface area contributed by atoms with Gasteiger partial charge in [0.1, 0.15) is 0 Å². The van der Waals surface area contributed by atoms with E-state index < -0.39 is 11.2 Å². The van der Waals surface area contributed by atoms with E-state index in [1.807, 2.05) is 38.0 Å². The first-order chi connectivity index (χ1) is 8.25. The van der Waals surface area contributed by atoms with E-state index >= 15 is 0 Å². The van der Waals surface area contributed by atoms with Crippen molar-refractivity contribution in [1.82, 2.24) is 9.80 Å². The van der Waals surface area contributed by atoms with E-state index in [9.17, 15) is 9.59 Å². The minimum Gasteiger partial charge on any atom is -0.478 e. The molecule has 0 aromatic rings. The molecule has 120 valence electrons. The van der Waals surface area contributed by atoms with Crippen molar-refractivity contribution in [2.45, 2.75) is 0 Å². The van der Waals surface area contributed by atoms with Crippen molar-refractivity contribution in [2.75, 3.05) is 41.3 Å². The van der Waals surface area contributed by atoms with Crippen molar-refractivity contribution in [3.8, 4) is 0 Å². The highest BCUT2D eigenvalue weighted by Crippen LogP contribution is 1.83. The number of likely N-dealkylation sites (N-methyl/N-ethyl adjacent to an activating group) is 2. The maximum Gasteiger partial charge on any atom is 0.328 e. The number of rotatable bonds is 6. The summed E-state index contributed by atoms with van der Waals surface area (Å²) in [6.45, 7) is 1.42. The fourth-order valence-corrected chi connectivity index (χ4v) is 0.810. The lowest BCUT2D eigenvalue weighted by molar-refractivity contribution is -0.131. The third kappa shape index (κ3) is 36.0. The van der Waals surface area contributed by atoms with Crippen LogP contribution < -0.4 is 0 Å². The quantitative estimate of drug-likeness (QED) is 0.586. The largest absolute Gasteiger partial charge is 0.478 e. The molecule has 0 aliphatic rings. The molecule has 20 heavy (non-hydrogen) atoms. The van der Waals surface area contributed by atoms with Gasteiger partial charge in [0, 0.05) is 19.2 Å². The molecule has 0 bridgehead atoms. The number of hydrogen-bond acceptors (Lipinski definition) is 4. The molecule has 8 heteroatoms. The summed E-state index contributed by atoms with van der Waals surface area (Å²) in [7, 11) is 7.60. The number of nitrogens with zero attached hydrogens (tertiary/aromatic N) is 2. The Bertz CT molecular complexity index is 276. The van der Waals surface area contributed by atoms with Crippen LogP contribution in [0.5, 0.6) is 0 Å². The number of aliphatic carboxylic acids is 1. The smallest absolute Gasteiger partial charge is 0.328 e. The second kappa shape index (κ2) is 18.4. The molecule has 1 N–H and O–H groups in total.